The van der Waals surface area contributed by atoms with Crippen LogP contribution in [0.15, 0.2) is 18.2 Å². The highest BCUT2D eigenvalue weighted by Crippen LogP contribution is 2.28. The highest BCUT2D eigenvalue weighted by Gasteiger charge is 2.11. The van der Waals surface area contributed by atoms with Gasteiger partial charge in [-0.15, -0.1) is 0 Å². The number of rotatable bonds is 8. The van der Waals surface area contributed by atoms with Crippen LogP contribution in [0.4, 0.5) is 0 Å². The first-order valence-corrected chi connectivity index (χ1v) is 6.44. The molecule has 0 atom stereocenters. The van der Waals surface area contributed by atoms with Gasteiger partial charge in [0.05, 0.1) is 21.3 Å². The van der Waals surface area contributed by atoms with Crippen LogP contribution in [0.1, 0.15) is 36.0 Å². The Morgan fingerprint density at radius 2 is 1.60 bits per heavy atom. The van der Waals surface area contributed by atoms with Crippen molar-refractivity contribution in [2.24, 2.45) is 0 Å². The van der Waals surface area contributed by atoms with Crippen LogP contribution in [0.2, 0.25) is 0 Å². The number of carbonyl (C=O) groups excluding carboxylic acids is 2. The lowest BCUT2D eigenvalue weighted by Crippen LogP contribution is -2.03. The van der Waals surface area contributed by atoms with Crippen LogP contribution < -0.4 is 9.47 Å². The Bertz CT molecular complexity index is 467. The van der Waals surface area contributed by atoms with Crippen molar-refractivity contribution < 1.29 is 23.8 Å². The molecule has 0 aliphatic carbocycles. The maximum atomic E-state index is 12.0. The Balaban J connectivity index is 2.53. The molecule has 1 aromatic rings. The van der Waals surface area contributed by atoms with E-state index in [2.05, 4.69) is 4.74 Å². The minimum Gasteiger partial charge on any atom is -0.493 e. The molecular formula is C15H20O5. The second-order valence-corrected chi connectivity index (χ2v) is 4.28. The van der Waals surface area contributed by atoms with E-state index in [4.69, 9.17) is 9.47 Å². The van der Waals surface area contributed by atoms with Gasteiger partial charge in [0.1, 0.15) is 0 Å². The van der Waals surface area contributed by atoms with Crippen LogP contribution in [0.3, 0.4) is 0 Å². The minimum absolute atomic E-state index is 0.0239. The average Bonchev–Trinajstić information content (AvgIpc) is 2.50. The molecule has 0 bridgehead atoms. The predicted octanol–water partition coefficient (Wildman–Crippen LogP) is 2.62. The summed E-state index contributed by atoms with van der Waals surface area (Å²) in [5, 5.41) is 0. The van der Waals surface area contributed by atoms with Gasteiger partial charge in [0.15, 0.2) is 17.3 Å². The van der Waals surface area contributed by atoms with Gasteiger partial charge < -0.3 is 14.2 Å². The maximum absolute atomic E-state index is 12.0. The van der Waals surface area contributed by atoms with Gasteiger partial charge in [0.25, 0.3) is 0 Å². The molecule has 0 amide bonds. The van der Waals surface area contributed by atoms with Gasteiger partial charge in [0.2, 0.25) is 0 Å². The number of ether oxygens (including phenoxy) is 3. The van der Waals surface area contributed by atoms with Gasteiger partial charge in [-0.25, -0.2) is 0 Å². The zero-order valence-corrected chi connectivity index (χ0v) is 12.1. The van der Waals surface area contributed by atoms with Crippen LogP contribution in [0.25, 0.3) is 0 Å². The molecule has 1 aromatic carbocycles. The molecule has 0 radical (unpaired) electrons. The van der Waals surface area contributed by atoms with Gasteiger partial charge in [0, 0.05) is 18.4 Å². The normalized spacial score (nSPS) is 9.95. The van der Waals surface area contributed by atoms with Crippen molar-refractivity contribution in [3.8, 4) is 11.5 Å². The third kappa shape index (κ3) is 4.57. The molecule has 1 rings (SSSR count). The molecule has 0 fully saturated rings. The fraction of sp³-hybridized carbons (Fsp3) is 0.467. The summed E-state index contributed by atoms with van der Waals surface area (Å²) in [5.74, 6) is 0.905. The van der Waals surface area contributed by atoms with E-state index in [9.17, 15) is 9.59 Å². The second-order valence-electron chi connectivity index (χ2n) is 4.28. The molecule has 20 heavy (non-hydrogen) atoms. The summed E-state index contributed by atoms with van der Waals surface area (Å²) in [6.07, 6.45) is 2.04. The number of ketones is 1. The van der Waals surface area contributed by atoms with Crippen molar-refractivity contribution in [2.45, 2.75) is 25.7 Å². The summed E-state index contributed by atoms with van der Waals surface area (Å²) < 4.78 is 14.8. The summed E-state index contributed by atoms with van der Waals surface area (Å²) >= 11 is 0. The fourth-order valence-electron chi connectivity index (χ4n) is 1.81. The Labute approximate surface area is 118 Å². The summed E-state index contributed by atoms with van der Waals surface area (Å²) in [5.41, 5.74) is 0.584. The topological polar surface area (TPSA) is 61.8 Å². The van der Waals surface area contributed by atoms with Crippen LogP contribution in [0.5, 0.6) is 11.5 Å². The molecule has 0 N–H and O–H groups in total. The molecule has 0 saturated heterocycles. The van der Waals surface area contributed by atoms with E-state index in [1.807, 2.05) is 0 Å². The van der Waals surface area contributed by atoms with Gasteiger partial charge in [-0.1, -0.05) is 0 Å². The number of methoxy groups -OCH3 is 3. The van der Waals surface area contributed by atoms with Crippen molar-refractivity contribution in [1.82, 2.24) is 0 Å². The average molecular weight is 280 g/mol. The zero-order chi connectivity index (χ0) is 15.0. The van der Waals surface area contributed by atoms with E-state index in [0.717, 1.165) is 0 Å². The zero-order valence-electron chi connectivity index (χ0n) is 12.1. The highest BCUT2D eigenvalue weighted by molar-refractivity contribution is 5.96. The number of unbranched alkanes of at least 4 members (excludes halogenated alkanes) is 1. The first kappa shape index (κ1) is 16.0. The lowest BCUT2D eigenvalue weighted by Gasteiger charge is -2.09. The van der Waals surface area contributed by atoms with Gasteiger partial charge >= 0.3 is 5.97 Å². The van der Waals surface area contributed by atoms with Crippen LogP contribution in [-0.4, -0.2) is 33.1 Å². The number of esters is 1. The van der Waals surface area contributed by atoms with Gasteiger partial charge in [-0.2, -0.15) is 0 Å². The molecule has 5 heteroatoms. The number of hydrogen-bond acceptors (Lipinski definition) is 5. The minimum atomic E-state index is -0.247. The number of benzene rings is 1. The van der Waals surface area contributed by atoms with Gasteiger partial charge in [-0.05, 0) is 31.0 Å². The van der Waals surface area contributed by atoms with E-state index in [-0.39, 0.29) is 11.8 Å². The maximum Gasteiger partial charge on any atom is 0.305 e. The number of carbonyl (C=O) groups is 2. The molecule has 0 aromatic heterocycles. The van der Waals surface area contributed by atoms with Crippen molar-refractivity contribution >= 4 is 11.8 Å². The molecule has 110 valence electrons. The number of hydrogen-bond donors (Lipinski definition) is 0. The van der Waals surface area contributed by atoms with Crippen molar-refractivity contribution in [1.29, 1.82) is 0 Å². The molecule has 0 spiro atoms. The molecule has 0 aliphatic heterocycles. The SMILES string of the molecule is COC(=O)CCCCC(=O)c1ccc(OC)c(OC)c1. The molecule has 0 saturated carbocycles. The van der Waals surface area contributed by atoms with Crippen molar-refractivity contribution in [3.05, 3.63) is 23.8 Å². The molecule has 0 aliphatic rings. The summed E-state index contributed by atoms with van der Waals surface area (Å²) in [7, 11) is 4.44. The quantitative estimate of drug-likeness (QED) is 0.416. The largest absolute Gasteiger partial charge is 0.493 e. The standard InChI is InChI=1S/C15H20O5/c1-18-13-9-8-11(10-14(13)19-2)12(16)6-4-5-7-15(17)20-3/h8-10H,4-7H2,1-3H3. The Morgan fingerprint density at radius 3 is 2.20 bits per heavy atom. The van der Waals surface area contributed by atoms with Crippen LogP contribution >= 0.6 is 0 Å². The monoisotopic (exact) mass is 280 g/mol. The van der Waals surface area contributed by atoms with Gasteiger partial charge in [-0.3, -0.25) is 9.59 Å². The van der Waals surface area contributed by atoms with Crippen LogP contribution in [0, 0.1) is 0 Å². The molecule has 0 heterocycles. The third-order valence-corrected chi connectivity index (χ3v) is 2.97. The van der Waals surface area contributed by atoms with E-state index < -0.39 is 0 Å². The molecule has 5 nitrogen and oxygen atoms in total. The highest BCUT2D eigenvalue weighted by atomic mass is 16.5. The summed E-state index contributed by atoms with van der Waals surface area (Å²) in [6.45, 7) is 0. The Hall–Kier alpha value is -2.04. The first-order chi connectivity index (χ1) is 9.62. The van der Waals surface area contributed by atoms with Crippen molar-refractivity contribution in [3.63, 3.8) is 0 Å². The van der Waals surface area contributed by atoms with E-state index in [0.29, 0.717) is 42.7 Å². The van der Waals surface area contributed by atoms with E-state index >= 15 is 0 Å². The van der Waals surface area contributed by atoms with E-state index in [1.54, 1.807) is 25.3 Å². The fourth-order valence-corrected chi connectivity index (χ4v) is 1.81. The molecule has 0 unspecified atom stereocenters. The second kappa shape index (κ2) is 8.19. The predicted molar refractivity (Wildman–Crippen MR) is 74.4 cm³/mol. The lowest BCUT2D eigenvalue weighted by molar-refractivity contribution is -0.140. The van der Waals surface area contributed by atoms with Crippen LogP contribution in [-0.2, 0) is 9.53 Å². The Morgan fingerprint density at radius 1 is 0.950 bits per heavy atom. The summed E-state index contributed by atoms with van der Waals surface area (Å²) in [6, 6.07) is 5.09. The Kier molecular flexibility index (Phi) is 6.56. The van der Waals surface area contributed by atoms with Crippen molar-refractivity contribution in [2.75, 3.05) is 21.3 Å². The summed E-state index contributed by atoms with van der Waals surface area (Å²) in [4.78, 5) is 23.0. The molecular weight excluding hydrogens is 260 g/mol. The lowest BCUT2D eigenvalue weighted by atomic mass is 10.0. The third-order valence-electron chi connectivity index (χ3n) is 2.97. The first-order valence-electron chi connectivity index (χ1n) is 6.44. The smallest absolute Gasteiger partial charge is 0.305 e. The van der Waals surface area contributed by atoms with E-state index in [1.165, 1.54) is 14.2 Å². The number of Topliss-reactive ketones (excluding diaryl/α,β-unsaturated/α-hetero) is 1.